The van der Waals surface area contributed by atoms with Crippen molar-refractivity contribution in [2.24, 2.45) is 0 Å². The molecule has 1 aliphatic rings. The van der Waals surface area contributed by atoms with E-state index < -0.39 is 11.4 Å². The Morgan fingerprint density at radius 3 is 2.79 bits per heavy atom. The predicted molar refractivity (Wildman–Crippen MR) is 98.8 cm³/mol. The number of nitrogens with zero attached hydrogens (tertiary/aromatic N) is 1. The van der Waals surface area contributed by atoms with Crippen LogP contribution in [0, 0.1) is 6.92 Å². The first-order valence-corrected chi connectivity index (χ1v) is 9.31. The number of benzene rings is 2. The minimum Gasteiger partial charge on any atom is -0.588 e. The van der Waals surface area contributed by atoms with Gasteiger partial charge in [-0.25, -0.2) is 0 Å². The van der Waals surface area contributed by atoms with Gasteiger partial charge in [-0.15, -0.1) is 0 Å². The van der Waals surface area contributed by atoms with Gasteiger partial charge in [-0.1, -0.05) is 30.3 Å². The molecule has 2 aromatic rings. The number of hydrogen-bond donors (Lipinski definition) is 1. The van der Waals surface area contributed by atoms with Crippen molar-refractivity contribution < 1.29 is 9.29 Å². The van der Waals surface area contributed by atoms with Crippen LogP contribution in [0.5, 0.6) is 0 Å². The molecular weight excluding hydrogens is 320 g/mol. The second-order valence-corrected chi connectivity index (χ2v) is 7.57. The van der Waals surface area contributed by atoms with E-state index in [0.29, 0.717) is 0 Å². The van der Waals surface area contributed by atoms with Crippen molar-refractivity contribution in [3.05, 3.63) is 59.2 Å². The summed E-state index contributed by atoms with van der Waals surface area (Å²) in [6, 6.07) is 14.4. The lowest BCUT2D eigenvalue weighted by molar-refractivity contribution is 0.193. The van der Waals surface area contributed by atoms with Crippen molar-refractivity contribution in [2.75, 3.05) is 31.6 Å². The van der Waals surface area contributed by atoms with Crippen molar-refractivity contribution >= 4 is 17.0 Å². The summed E-state index contributed by atoms with van der Waals surface area (Å²) >= 11 is -1.21. The molecule has 0 saturated heterocycles. The highest BCUT2D eigenvalue weighted by atomic mass is 32.2. The lowest BCUT2D eigenvalue weighted by Gasteiger charge is -2.22. The lowest BCUT2D eigenvalue weighted by atomic mass is 9.95. The highest BCUT2D eigenvalue weighted by Crippen LogP contribution is 2.40. The molecule has 5 heteroatoms. The molecule has 2 aromatic carbocycles. The topological polar surface area (TPSA) is 47.6 Å². The number of fused-ring (bicyclic) bond motifs is 2. The van der Waals surface area contributed by atoms with Crippen LogP contribution >= 0.6 is 0 Å². The average Bonchev–Trinajstić information content (AvgIpc) is 2.68. The molecule has 0 aliphatic carbocycles. The number of anilines is 1. The molecule has 24 heavy (non-hydrogen) atoms. The summed E-state index contributed by atoms with van der Waals surface area (Å²) in [5.41, 5.74) is 4.44. The molecule has 0 saturated carbocycles. The van der Waals surface area contributed by atoms with E-state index >= 15 is 0 Å². The van der Waals surface area contributed by atoms with Crippen LogP contribution in [0.3, 0.4) is 0 Å². The minimum atomic E-state index is -1.21. The third-order valence-electron chi connectivity index (χ3n) is 4.38. The second kappa shape index (κ2) is 7.57. The molecule has 0 aromatic heterocycles. The molecule has 0 amide bonds. The van der Waals surface area contributed by atoms with E-state index in [4.69, 9.17) is 4.74 Å². The Kier molecular flexibility index (Phi) is 5.46. The molecule has 0 bridgehead atoms. The minimum absolute atomic E-state index is 0.0301. The number of ether oxygens (including phenoxy) is 1. The van der Waals surface area contributed by atoms with Crippen LogP contribution in [-0.2, 0) is 16.1 Å². The van der Waals surface area contributed by atoms with Gasteiger partial charge in [0.05, 0.1) is 18.8 Å². The fourth-order valence-corrected chi connectivity index (χ4v) is 4.35. The van der Waals surface area contributed by atoms with Gasteiger partial charge in [0, 0.05) is 24.8 Å². The van der Waals surface area contributed by atoms with Crippen molar-refractivity contribution in [1.82, 2.24) is 5.32 Å². The molecule has 0 radical (unpaired) electrons. The van der Waals surface area contributed by atoms with Gasteiger partial charge >= 0.3 is 0 Å². The molecular formula is C19H24N2O2S. The predicted octanol–water partition coefficient (Wildman–Crippen LogP) is 3.18. The van der Waals surface area contributed by atoms with Crippen molar-refractivity contribution in [3.63, 3.8) is 0 Å². The van der Waals surface area contributed by atoms with Gasteiger partial charge in [0.15, 0.2) is 4.90 Å². The zero-order valence-electron chi connectivity index (χ0n) is 14.4. The van der Waals surface area contributed by atoms with Crippen LogP contribution in [-0.4, -0.2) is 31.9 Å². The van der Waals surface area contributed by atoms with Crippen LogP contribution in [0.2, 0.25) is 0 Å². The van der Waals surface area contributed by atoms with Crippen LogP contribution < -0.4 is 9.62 Å². The van der Waals surface area contributed by atoms with Gasteiger partial charge < -0.3 is 14.6 Å². The summed E-state index contributed by atoms with van der Waals surface area (Å²) in [5.74, 6) is 0. The molecule has 1 aliphatic heterocycles. The molecule has 0 fully saturated rings. The fraction of sp³-hybridized carbons (Fsp3) is 0.368. The summed E-state index contributed by atoms with van der Waals surface area (Å²) < 4.78 is 20.0. The van der Waals surface area contributed by atoms with Crippen molar-refractivity contribution in [3.8, 4) is 0 Å². The monoisotopic (exact) mass is 344 g/mol. The van der Waals surface area contributed by atoms with Crippen LogP contribution in [0.15, 0.2) is 47.4 Å². The van der Waals surface area contributed by atoms with Gasteiger partial charge in [-0.3, -0.25) is 0 Å². The third kappa shape index (κ3) is 3.30. The summed E-state index contributed by atoms with van der Waals surface area (Å²) in [4.78, 5) is 0.873. The Balaban J connectivity index is 2.05. The molecule has 4 nitrogen and oxygen atoms in total. The van der Waals surface area contributed by atoms with E-state index in [-0.39, 0.29) is 6.04 Å². The van der Waals surface area contributed by atoms with Crippen LogP contribution in [0.4, 0.5) is 5.69 Å². The fourth-order valence-electron chi connectivity index (χ4n) is 3.14. The van der Waals surface area contributed by atoms with E-state index in [9.17, 15) is 4.55 Å². The first-order valence-electron chi connectivity index (χ1n) is 8.21. The smallest absolute Gasteiger partial charge is 0.185 e. The highest BCUT2D eigenvalue weighted by Gasteiger charge is 2.34. The van der Waals surface area contributed by atoms with Gasteiger partial charge in [-0.05, 0) is 37.6 Å². The maximum atomic E-state index is 13.0. The molecule has 2 unspecified atom stereocenters. The van der Waals surface area contributed by atoms with E-state index in [1.165, 1.54) is 11.1 Å². The SMILES string of the molecule is COCCCNC1c2ccc(C)cc2N(C)[S+]([O-])c2ccccc21. The standard InChI is InChI=1S/C19H24N2O2S/c1-14-9-10-15-17(13-14)21(2)24(22)18-8-5-4-7-16(18)19(15)20-11-6-12-23-3/h4-5,7-10,13,19-20H,6,11-12H2,1-3H3. The van der Waals surface area contributed by atoms with E-state index in [0.717, 1.165) is 35.7 Å². The van der Waals surface area contributed by atoms with Crippen molar-refractivity contribution in [1.29, 1.82) is 0 Å². The molecule has 1 heterocycles. The summed E-state index contributed by atoms with van der Waals surface area (Å²) in [6.07, 6.45) is 0.940. The quantitative estimate of drug-likeness (QED) is 0.668. The van der Waals surface area contributed by atoms with Gasteiger partial charge in [0.25, 0.3) is 0 Å². The Morgan fingerprint density at radius 1 is 1.21 bits per heavy atom. The summed E-state index contributed by atoms with van der Waals surface area (Å²) in [7, 11) is 3.62. The number of aryl methyl sites for hydroxylation is 1. The average molecular weight is 344 g/mol. The molecule has 3 rings (SSSR count). The van der Waals surface area contributed by atoms with Gasteiger partial charge in [-0.2, -0.15) is 4.31 Å². The largest absolute Gasteiger partial charge is 0.588 e. The highest BCUT2D eigenvalue weighted by molar-refractivity contribution is 7.92. The first kappa shape index (κ1) is 17.3. The molecule has 1 N–H and O–H groups in total. The van der Waals surface area contributed by atoms with Crippen LogP contribution in [0.25, 0.3) is 0 Å². The van der Waals surface area contributed by atoms with Crippen LogP contribution in [0.1, 0.15) is 29.2 Å². The van der Waals surface area contributed by atoms with Gasteiger partial charge in [0.1, 0.15) is 11.4 Å². The molecule has 2 atom stereocenters. The Morgan fingerprint density at radius 2 is 2.00 bits per heavy atom. The van der Waals surface area contributed by atoms with E-state index in [1.54, 1.807) is 7.11 Å². The number of rotatable bonds is 5. The van der Waals surface area contributed by atoms with E-state index in [2.05, 4.69) is 36.5 Å². The lowest BCUT2D eigenvalue weighted by Crippen LogP contribution is -2.26. The second-order valence-electron chi connectivity index (χ2n) is 6.08. The maximum Gasteiger partial charge on any atom is 0.185 e. The number of hydrogen-bond acceptors (Lipinski definition) is 4. The zero-order valence-corrected chi connectivity index (χ0v) is 15.2. The number of methoxy groups -OCH3 is 1. The summed E-state index contributed by atoms with van der Waals surface area (Å²) in [5, 5.41) is 3.63. The summed E-state index contributed by atoms with van der Waals surface area (Å²) in [6.45, 7) is 3.64. The Hall–Kier alpha value is -1.53. The molecule has 0 spiro atoms. The molecule has 128 valence electrons. The zero-order chi connectivity index (χ0) is 17.1. The Labute approximate surface area is 147 Å². The normalized spacial score (nSPS) is 19.6. The van der Waals surface area contributed by atoms with E-state index in [1.807, 2.05) is 29.6 Å². The maximum absolute atomic E-state index is 13.0. The number of nitrogens with one attached hydrogen (secondary N) is 1. The third-order valence-corrected chi connectivity index (χ3v) is 5.82. The van der Waals surface area contributed by atoms with Gasteiger partial charge in [0.2, 0.25) is 0 Å². The first-order chi connectivity index (χ1) is 11.6. The Bertz CT molecular complexity index is 708. The van der Waals surface area contributed by atoms with Crippen molar-refractivity contribution in [2.45, 2.75) is 24.3 Å².